The summed E-state index contributed by atoms with van der Waals surface area (Å²) in [4.78, 5) is 20.8. The second-order valence-corrected chi connectivity index (χ2v) is 2.97. The van der Waals surface area contributed by atoms with Crippen molar-refractivity contribution in [2.45, 2.75) is 6.23 Å². The Labute approximate surface area is 74.8 Å². The number of urea groups is 1. The van der Waals surface area contributed by atoms with Crippen molar-refractivity contribution in [3.05, 3.63) is 12.0 Å². The molecule has 0 fully saturated rings. The van der Waals surface area contributed by atoms with Crippen LogP contribution in [0.25, 0.3) is 0 Å². The summed E-state index contributed by atoms with van der Waals surface area (Å²) in [6.07, 6.45) is 0.526. The van der Waals surface area contributed by atoms with Crippen LogP contribution in [0, 0.1) is 0 Å². The smallest absolute Gasteiger partial charge is 0.327 e. The van der Waals surface area contributed by atoms with Crippen LogP contribution in [-0.4, -0.2) is 40.1 Å². The average molecular weight is 182 g/mol. The van der Waals surface area contributed by atoms with Crippen molar-refractivity contribution in [2.24, 2.45) is 0 Å². The van der Waals surface area contributed by atoms with Crippen LogP contribution in [0.5, 0.6) is 0 Å². The van der Waals surface area contributed by atoms with Gasteiger partial charge in [0.1, 0.15) is 5.69 Å². The first-order valence-electron chi connectivity index (χ1n) is 3.84. The molecule has 0 saturated carbocycles. The molecule has 2 amide bonds. The number of aliphatic hydroxyl groups is 1. The number of hydrogen-bond acceptors (Lipinski definition) is 3. The zero-order chi connectivity index (χ0) is 9.59. The summed E-state index contributed by atoms with van der Waals surface area (Å²) >= 11 is 0. The highest BCUT2D eigenvalue weighted by Gasteiger charge is 2.34. The molecule has 0 saturated heterocycles. The Bertz CT molecular complexity index is 348. The van der Waals surface area contributed by atoms with Crippen LogP contribution in [0.2, 0.25) is 0 Å². The molecular weight excluding hydrogens is 172 g/mol. The van der Waals surface area contributed by atoms with E-state index in [4.69, 9.17) is 0 Å². The van der Waals surface area contributed by atoms with Gasteiger partial charge in [0.05, 0.1) is 6.33 Å². The first-order chi connectivity index (χ1) is 6.13. The Morgan fingerprint density at radius 1 is 1.62 bits per heavy atom. The molecule has 0 aromatic carbocycles. The van der Waals surface area contributed by atoms with Crippen molar-refractivity contribution in [3.8, 4) is 0 Å². The van der Waals surface area contributed by atoms with Gasteiger partial charge in [-0.3, -0.25) is 9.80 Å². The van der Waals surface area contributed by atoms with E-state index in [2.05, 4.69) is 9.97 Å². The molecule has 1 aromatic rings. The van der Waals surface area contributed by atoms with Crippen LogP contribution >= 0.6 is 0 Å². The van der Waals surface area contributed by atoms with Gasteiger partial charge >= 0.3 is 6.03 Å². The predicted octanol–water partition coefficient (Wildman–Crippen LogP) is -0.0978. The molecule has 0 unspecified atom stereocenters. The Hall–Kier alpha value is -1.56. The lowest BCUT2D eigenvalue weighted by atomic mass is 10.3. The first-order valence-corrected chi connectivity index (χ1v) is 3.84. The van der Waals surface area contributed by atoms with E-state index in [-0.39, 0.29) is 6.03 Å². The number of amides is 2. The highest BCUT2D eigenvalue weighted by molar-refractivity contribution is 5.93. The van der Waals surface area contributed by atoms with E-state index < -0.39 is 6.23 Å². The second kappa shape index (κ2) is 2.46. The normalized spacial score (nSPS) is 22.1. The van der Waals surface area contributed by atoms with E-state index in [1.807, 2.05) is 0 Å². The maximum absolute atomic E-state index is 11.4. The molecule has 0 bridgehead atoms. The maximum atomic E-state index is 11.4. The van der Waals surface area contributed by atoms with Gasteiger partial charge in [-0.1, -0.05) is 0 Å². The lowest BCUT2D eigenvalue weighted by Gasteiger charge is -2.33. The van der Waals surface area contributed by atoms with Crippen molar-refractivity contribution in [2.75, 3.05) is 19.0 Å². The fourth-order valence-electron chi connectivity index (χ4n) is 1.38. The Morgan fingerprint density at radius 2 is 2.31 bits per heavy atom. The lowest BCUT2D eigenvalue weighted by molar-refractivity contribution is 0.0410. The van der Waals surface area contributed by atoms with Crippen LogP contribution in [0.1, 0.15) is 11.9 Å². The molecule has 70 valence electrons. The SMILES string of the molecule is CN1C(=O)N(C)[C@@H](O)c2[nH]cnc21. The molecule has 6 heteroatoms. The first kappa shape index (κ1) is 8.06. The number of carbonyl (C=O) groups excluding carboxylic acids is 1. The highest BCUT2D eigenvalue weighted by Crippen LogP contribution is 2.29. The molecule has 2 N–H and O–H groups in total. The van der Waals surface area contributed by atoms with Gasteiger partial charge in [-0.15, -0.1) is 0 Å². The predicted molar refractivity (Wildman–Crippen MR) is 45.1 cm³/mol. The summed E-state index contributed by atoms with van der Waals surface area (Å²) in [6, 6.07) is -0.271. The number of nitrogens with zero attached hydrogens (tertiary/aromatic N) is 3. The lowest BCUT2D eigenvalue weighted by Crippen LogP contribution is -2.45. The Balaban J connectivity index is 2.52. The molecule has 6 nitrogen and oxygen atoms in total. The zero-order valence-corrected chi connectivity index (χ0v) is 7.35. The van der Waals surface area contributed by atoms with Crippen LogP contribution in [0.3, 0.4) is 0 Å². The van der Waals surface area contributed by atoms with Crippen molar-refractivity contribution in [3.63, 3.8) is 0 Å². The fourth-order valence-corrected chi connectivity index (χ4v) is 1.38. The largest absolute Gasteiger partial charge is 0.368 e. The van der Waals surface area contributed by atoms with Gasteiger partial charge in [-0.05, 0) is 0 Å². The van der Waals surface area contributed by atoms with Crippen molar-refractivity contribution in [1.29, 1.82) is 0 Å². The fraction of sp³-hybridized carbons (Fsp3) is 0.429. The van der Waals surface area contributed by atoms with Crippen molar-refractivity contribution < 1.29 is 9.90 Å². The molecule has 1 aliphatic heterocycles. The standard InChI is InChI=1S/C7H10N4O2/c1-10-5-4(8-3-9-5)6(12)11(2)7(10)13/h3,6,12H,1-2H3,(H,8,9)/t6-/m0/s1. The third kappa shape index (κ3) is 0.919. The summed E-state index contributed by atoms with van der Waals surface area (Å²) < 4.78 is 0. The second-order valence-electron chi connectivity index (χ2n) is 2.97. The van der Waals surface area contributed by atoms with E-state index in [1.165, 1.54) is 23.2 Å². The van der Waals surface area contributed by atoms with Crippen molar-refractivity contribution >= 4 is 11.8 Å². The average Bonchev–Trinajstić information content (AvgIpc) is 2.59. The minimum Gasteiger partial charge on any atom is -0.368 e. The van der Waals surface area contributed by atoms with Gasteiger partial charge < -0.3 is 10.1 Å². The summed E-state index contributed by atoms with van der Waals surface area (Å²) in [5.74, 6) is 0.482. The summed E-state index contributed by atoms with van der Waals surface area (Å²) in [7, 11) is 3.15. The van der Waals surface area contributed by atoms with Gasteiger partial charge in [-0.2, -0.15) is 0 Å². The van der Waals surface area contributed by atoms with Crippen LogP contribution in [0.4, 0.5) is 10.6 Å². The monoisotopic (exact) mass is 182 g/mol. The molecule has 13 heavy (non-hydrogen) atoms. The number of anilines is 1. The third-order valence-corrected chi connectivity index (χ3v) is 2.18. The summed E-state index contributed by atoms with van der Waals surface area (Å²) in [5, 5.41) is 9.61. The maximum Gasteiger partial charge on any atom is 0.327 e. The van der Waals surface area contributed by atoms with Gasteiger partial charge in [-0.25, -0.2) is 9.78 Å². The number of rotatable bonds is 0. The number of aromatic nitrogens is 2. The van der Waals surface area contributed by atoms with Gasteiger partial charge in [0.2, 0.25) is 0 Å². The van der Waals surface area contributed by atoms with Crippen LogP contribution < -0.4 is 4.90 Å². The van der Waals surface area contributed by atoms with E-state index in [0.29, 0.717) is 11.5 Å². The van der Waals surface area contributed by atoms with Gasteiger partial charge in [0.25, 0.3) is 0 Å². The molecule has 0 aliphatic carbocycles. The number of nitrogens with one attached hydrogen (secondary N) is 1. The van der Waals surface area contributed by atoms with E-state index >= 15 is 0 Å². The number of aromatic amines is 1. The summed E-state index contributed by atoms with van der Waals surface area (Å²) in [6.45, 7) is 0. The number of carbonyl (C=O) groups is 1. The molecule has 2 rings (SSSR count). The number of fused-ring (bicyclic) bond motifs is 1. The minimum atomic E-state index is -0.929. The number of aliphatic hydroxyl groups excluding tert-OH is 1. The summed E-state index contributed by atoms with van der Waals surface area (Å²) in [5.41, 5.74) is 0.546. The molecule has 1 aromatic heterocycles. The van der Waals surface area contributed by atoms with Gasteiger partial charge in [0.15, 0.2) is 12.0 Å². The molecule has 1 atom stereocenters. The minimum absolute atomic E-state index is 0.271. The van der Waals surface area contributed by atoms with Crippen molar-refractivity contribution in [1.82, 2.24) is 14.9 Å². The Kier molecular flexibility index (Phi) is 1.53. The zero-order valence-electron chi connectivity index (χ0n) is 7.35. The quantitative estimate of drug-likeness (QED) is 0.588. The van der Waals surface area contributed by atoms with E-state index in [9.17, 15) is 9.90 Å². The molecule has 2 heterocycles. The number of imidazole rings is 1. The van der Waals surface area contributed by atoms with Crippen LogP contribution in [-0.2, 0) is 0 Å². The highest BCUT2D eigenvalue weighted by atomic mass is 16.3. The number of hydrogen-bond donors (Lipinski definition) is 2. The van der Waals surface area contributed by atoms with Gasteiger partial charge in [0, 0.05) is 14.1 Å². The topological polar surface area (TPSA) is 72.5 Å². The van der Waals surface area contributed by atoms with Crippen LogP contribution in [0.15, 0.2) is 6.33 Å². The number of H-pyrrole nitrogens is 1. The third-order valence-electron chi connectivity index (χ3n) is 2.18. The van der Waals surface area contributed by atoms with E-state index in [0.717, 1.165) is 0 Å². The molecule has 0 radical (unpaired) electrons. The van der Waals surface area contributed by atoms with E-state index in [1.54, 1.807) is 7.05 Å². The molecule has 1 aliphatic rings. The Morgan fingerprint density at radius 3 is 3.00 bits per heavy atom. The molecule has 0 spiro atoms. The molecular formula is C7H10N4O2.